The number of fused-ring (bicyclic) bond motifs is 2. The fourth-order valence-corrected chi connectivity index (χ4v) is 7.90. The molecule has 0 bridgehead atoms. The summed E-state index contributed by atoms with van der Waals surface area (Å²) in [6.07, 6.45) is -4.94. The first kappa shape index (κ1) is 44.8. The maximum Gasteiger partial charge on any atom is 0.406 e. The molecule has 6 rings (SSSR count). The van der Waals surface area contributed by atoms with Crippen LogP contribution in [0.2, 0.25) is 0 Å². The third-order valence-corrected chi connectivity index (χ3v) is 10.8. The lowest BCUT2D eigenvalue weighted by molar-refractivity contribution is -0.140. The molecule has 2 aliphatic rings. The van der Waals surface area contributed by atoms with Crippen molar-refractivity contribution in [1.82, 2.24) is 20.1 Å². The highest BCUT2D eigenvalue weighted by molar-refractivity contribution is 5.95. The number of hydrogen-bond acceptors (Lipinski definition) is 9. The van der Waals surface area contributed by atoms with E-state index in [2.05, 4.69) is 27.8 Å². The lowest BCUT2D eigenvalue weighted by atomic mass is 9.95. The van der Waals surface area contributed by atoms with Crippen molar-refractivity contribution in [3.63, 3.8) is 0 Å². The van der Waals surface area contributed by atoms with Gasteiger partial charge in [-0.25, -0.2) is 8.78 Å². The number of benzene rings is 3. The van der Waals surface area contributed by atoms with E-state index >= 15 is 4.39 Å². The number of alkyl halides is 4. The summed E-state index contributed by atoms with van der Waals surface area (Å²) in [6, 6.07) is 12.3. The second kappa shape index (κ2) is 19.3. The topological polar surface area (TPSA) is 130 Å². The molecule has 3 heterocycles. The van der Waals surface area contributed by atoms with Crippen molar-refractivity contribution in [2.75, 3.05) is 70.9 Å². The molecule has 1 saturated heterocycles. The lowest BCUT2D eigenvalue weighted by Gasteiger charge is -2.37. The zero-order valence-corrected chi connectivity index (χ0v) is 34.7. The van der Waals surface area contributed by atoms with Crippen LogP contribution < -0.4 is 35.1 Å². The standard InChI is InChI=1S/C44H51F5N6O6/c1-26(2)40-43(58)51-29(24-56)20-27-11-14-37(39(46)41(27)54(40)4)61-19-16-50-42(57)28-12-13-36(59-5)38(21-28)60-18-7-8-30-22-31-33(52-34-15-17-53(3)23-32(34)45)9-6-10-35(31)55(30)25-44(47,48)49/h6,9-14,21-22,26,29,32,34,40,52,56H,15-20,23-25H2,1-5H3,(H,50,57)(H,51,58)/t29-,32-,34+,40-/m0/s1. The van der Waals surface area contributed by atoms with E-state index in [0.29, 0.717) is 35.1 Å². The van der Waals surface area contributed by atoms with Gasteiger partial charge in [-0.05, 0) is 79.8 Å². The number of rotatable bonds is 13. The zero-order valence-electron chi connectivity index (χ0n) is 34.7. The minimum absolute atomic E-state index is 0.00196. The fourth-order valence-electron chi connectivity index (χ4n) is 7.90. The van der Waals surface area contributed by atoms with Crippen molar-refractivity contribution in [2.24, 2.45) is 5.92 Å². The minimum Gasteiger partial charge on any atom is -0.493 e. The molecule has 0 unspecified atom stereocenters. The Morgan fingerprint density at radius 2 is 1.84 bits per heavy atom. The number of halogens is 5. The molecule has 3 aromatic carbocycles. The third-order valence-electron chi connectivity index (χ3n) is 10.8. The van der Waals surface area contributed by atoms with Crippen molar-refractivity contribution >= 4 is 34.1 Å². The number of ether oxygens (including phenoxy) is 3. The number of aliphatic hydroxyl groups is 1. The van der Waals surface area contributed by atoms with Gasteiger partial charge in [-0.2, -0.15) is 13.2 Å². The minimum atomic E-state index is -4.54. The molecule has 4 aromatic rings. The Labute approximate surface area is 351 Å². The van der Waals surface area contributed by atoms with Crippen LogP contribution in [-0.2, 0) is 17.8 Å². The molecular formula is C44H51F5N6O6. The van der Waals surface area contributed by atoms with Gasteiger partial charge in [0.25, 0.3) is 5.91 Å². The van der Waals surface area contributed by atoms with Crippen LogP contribution in [0.1, 0.15) is 41.9 Å². The fraction of sp³-hybridized carbons (Fsp3) is 0.455. The SMILES string of the molecule is COc1ccc(C(=O)NCCOc2ccc3c(c2F)N(C)[C@@H](C(C)C)C(=O)N[C@H](CO)C3)cc1OCC#Cc1cc2c(N[C@@H]3CCN(C)C[C@@H]3F)cccc2n1CC(F)(F)F. The number of aromatic nitrogens is 1. The predicted octanol–water partition coefficient (Wildman–Crippen LogP) is 5.54. The molecule has 1 aromatic heterocycles. The summed E-state index contributed by atoms with van der Waals surface area (Å²) in [7, 11) is 4.89. The summed E-state index contributed by atoms with van der Waals surface area (Å²) in [5.74, 6) is 4.30. The molecule has 4 N–H and O–H groups in total. The van der Waals surface area contributed by atoms with Gasteiger partial charge in [0.15, 0.2) is 23.1 Å². The summed E-state index contributed by atoms with van der Waals surface area (Å²) in [5, 5.41) is 19.1. The molecule has 2 aliphatic heterocycles. The van der Waals surface area contributed by atoms with Gasteiger partial charge >= 0.3 is 6.18 Å². The van der Waals surface area contributed by atoms with Crippen LogP contribution in [0.15, 0.2) is 54.6 Å². The van der Waals surface area contributed by atoms with Crippen molar-refractivity contribution < 1.29 is 50.9 Å². The number of carbonyl (C=O) groups is 2. The Kier molecular flexibility index (Phi) is 14.2. The Morgan fingerprint density at radius 3 is 2.54 bits per heavy atom. The maximum absolute atomic E-state index is 16.0. The Balaban J connectivity index is 1.11. The Morgan fingerprint density at radius 1 is 1.07 bits per heavy atom. The smallest absolute Gasteiger partial charge is 0.406 e. The van der Waals surface area contributed by atoms with Gasteiger partial charge in [0.2, 0.25) is 5.91 Å². The van der Waals surface area contributed by atoms with Crippen molar-refractivity contribution in [3.05, 3.63) is 77.2 Å². The molecule has 328 valence electrons. The Hall–Kier alpha value is -5.73. The van der Waals surface area contributed by atoms with Gasteiger partial charge in [0.05, 0.1) is 49.2 Å². The zero-order chi connectivity index (χ0) is 44.0. The van der Waals surface area contributed by atoms with E-state index in [4.69, 9.17) is 14.2 Å². The number of methoxy groups -OCH3 is 1. The van der Waals surface area contributed by atoms with Gasteiger partial charge in [0.1, 0.15) is 32.0 Å². The number of anilines is 2. The molecule has 12 nitrogen and oxygen atoms in total. The number of piperidine rings is 1. The van der Waals surface area contributed by atoms with Gasteiger partial charge < -0.3 is 49.6 Å². The van der Waals surface area contributed by atoms with Crippen LogP contribution >= 0.6 is 0 Å². The number of likely N-dealkylation sites (tertiary alicyclic amines) is 1. The number of nitrogens with zero attached hydrogens (tertiary/aromatic N) is 3. The number of aliphatic hydroxyl groups excluding tert-OH is 1. The maximum atomic E-state index is 16.0. The number of amides is 2. The molecule has 4 atom stereocenters. The van der Waals surface area contributed by atoms with Crippen molar-refractivity contribution in [3.8, 4) is 29.1 Å². The molecule has 1 fully saturated rings. The summed E-state index contributed by atoms with van der Waals surface area (Å²) in [5.41, 5.74) is 1.89. The number of likely N-dealkylation sites (N-methyl/N-ethyl adjacent to an activating group) is 1. The lowest BCUT2D eigenvalue weighted by Crippen LogP contribution is -2.54. The molecule has 0 radical (unpaired) electrons. The van der Waals surface area contributed by atoms with Crippen LogP contribution in [0.4, 0.5) is 33.3 Å². The second-order valence-corrected chi connectivity index (χ2v) is 15.6. The third kappa shape index (κ3) is 10.6. The van der Waals surface area contributed by atoms with E-state index in [1.54, 1.807) is 42.3 Å². The first-order valence-electron chi connectivity index (χ1n) is 20.0. The van der Waals surface area contributed by atoms with Crippen LogP contribution in [0.25, 0.3) is 10.9 Å². The normalized spacial score (nSPS) is 19.6. The number of carbonyl (C=O) groups excluding carboxylic acids is 2. The van der Waals surface area contributed by atoms with Crippen molar-refractivity contribution in [1.29, 1.82) is 0 Å². The molecule has 0 spiro atoms. The molecule has 2 amide bonds. The Bertz CT molecular complexity index is 2270. The number of nitrogens with one attached hydrogen (secondary N) is 3. The molecule has 0 aliphatic carbocycles. The summed E-state index contributed by atoms with van der Waals surface area (Å²) >= 11 is 0. The molecule has 0 saturated carbocycles. The van der Waals surface area contributed by atoms with Gasteiger partial charge in [0, 0.05) is 36.8 Å². The van der Waals surface area contributed by atoms with Crippen LogP contribution in [0.3, 0.4) is 0 Å². The second-order valence-electron chi connectivity index (χ2n) is 15.6. The van der Waals surface area contributed by atoms with Gasteiger partial charge in [-0.1, -0.05) is 31.9 Å². The summed E-state index contributed by atoms with van der Waals surface area (Å²) in [6.45, 7) is 2.69. The largest absolute Gasteiger partial charge is 0.493 e. The van der Waals surface area contributed by atoms with Crippen LogP contribution in [-0.4, -0.2) is 118 Å². The monoisotopic (exact) mass is 854 g/mol. The van der Waals surface area contributed by atoms with Gasteiger partial charge in [-0.15, -0.1) is 0 Å². The van der Waals surface area contributed by atoms with Gasteiger partial charge in [-0.3, -0.25) is 9.59 Å². The quantitative estimate of drug-likeness (QED) is 0.0780. The summed E-state index contributed by atoms with van der Waals surface area (Å²) in [4.78, 5) is 29.6. The average Bonchev–Trinajstić information content (AvgIpc) is 3.54. The van der Waals surface area contributed by atoms with Crippen LogP contribution in [0, 0.1) is 23.6 Å². The average molecular weight is 855 g/mol. The van der Waals surface area contributed by atoms with E-state index in [0.717, 1.165) is 4.57 Å². The first-order valence-corrected chi connectivity index (χ1v) is 20.0. The van der Waals surface area contributed by atoms with Crippen LogP contribution in [0.5, 0.6) is 17.2 Å². The summed E-state index contributed by atoms with van der Waals surface area (Å²) < 4.78 is 90.3. The molecular weight excluding hydrogens is 804 g/mol. The molecule has 61 heavy (non-hydrogen) atoms. The van der Waals surface area contributed by atoms with E-state index in [-0.39, 0.29) is 85.3 Å². The van der Waals surface area contributed by atoms with E-state index < -0.39 is 48.7 Å². The van der Waals surface area contributed by atoms with Crippen molar-refractivity contribution in [2.45, 2.75) is 63.7 Å². The molecule has 17 heteroatoms. The first-order chi connectivity index (χ1) is 29.1. The predicted molar refractivity (Wildman–Crippen MR) is 222 cm³/mol. The highest BCUT2D eigenvalue weighted by atomic mass is 19.4. The highest BCUT2D eigenvalue weighted by Gasteiger charge is 2.35. The van der Waals surface area contributed by atoms with E-state index in [1.807, 2.05) is 25.8 Å². The number of hydrogen-bond donors (Lipinski definition) is 4. The van der Waals surface area contributed by atoms with E-state index in [9.17, 15) is 32.3 Å². The highest BCUT2D eigenvalue weighted by Crippen LogP contribution is 2.36. The van der Waals surface area contributed by atoms with E-state index in [1.165, 1.54) is 31.4 Å².